The standard InChI is InChI=1S/C8H14NO2S/c1-7-8(2-4-10)12-6-9(7)3-5-11/h6,10-11H,2-5H2,1H3/q+1. The lowest BCUT2D eigenvalue weighted by Gasteiger charge is -1.92. The van der Waals surface area contributed by atoms with Crippen molar-refractivity contribution in [3.63, 3.8) is 0 Å². The van der Waals surface area contributed by atoms with Crippen molar-refractivity contribution in [2.45, 2.75) is 19.9 Å². The SMILES string of the molecule is Cc1c(CCO)sc[n+]1CCO. The van der Waals surface area contributed by atoms with Crippen molar-refractivity contribution >= 4 is 11.3 Å². The highest BCUT2D eigenvalue weighted by molar-refractivity contribution is 7.09. The predicted molar refractivity (Wildman–Crippen MR) is 47.1 cm³/mol. The molecule has 68 valence electrons. The monoisotopic (exact) mass is 188 g/mol. The Kier molecular flexibility index (Phi) is 3.65. The molecule has 0 unspecified atom stereocenters. The molecule has 1 heterocycles. The molecule has 12 heavy (non-hydrogen) atoms. The van der Waals surface area contributed by atoms with Crippen molar-refractivity contribution in [2.24, 2.45) is 0 Å². The van der Waals surface area contributed by atoms with Gasteiger partial charge in [0.2, 0.25) is 5.51 Å². The van der Waals surface area contributed by atoms with E-state index in [1.807, 2.05) is 17.0 Å². The van der Waals surface area contributed by atoms with Crippen molar-refractivity contribution in [3.8, 4) is 0 Å². The van der Waals surface area contributed by atoms with Crippen LogP contribution >= 0.6 is 11.3 Å². The van der Waals surface area contributed by atoms with Crippen LogP contribution in [0.15, 0.2) is 5.51 Å². The van der Waals surface area contributed by atoms with Crippen molar-refractivity contribution in [1.82, 2.24) is 0 Å². The van der Waals surface area contributed by atoms with Crippen LogP contribution in [0.3, 0.4) is 0 Å². The Bertz CT molecular complexity index is 224. The minimum atomic E-state index is 0.167. The van der Waals surface area contributed by atoms with E-state index in [9.17, 15) is 0 Å². The Hall–Kier alpha value is -0.450. The second-order valence-corrected chi connectivity index (χ2v) is 3.56. The molecule has 0 aromatic carbocycles. The van der Waals surface area contributed by atoms with Gasteiger partial charge in [-0.25, -0.2) is 0 Å². The first-order valence-electron chi connectivity index (χ1n) is 3.97. The minimum absolute atomic E-state index is 0.167. The number of hydrogen-bond acceptors (Lipinski definition) is 3. The molecule has 1 rings (SSSR count). The van der Waals surface area contributed by atoms with Crippen LogP contribution in [0.5, 0.6) is 0 Å². The zero-order valence-electron chi connectivity index (χ0n) is 7.16. The van der Waals surface area contributed by atoms with Crippen LogP contribution in [0.4, 0.5) is 0 Å². The highest BCUT2D eigenvalue weighted by Gasteiger charge is 2.13. The van der Waals surface area contributed by atoms with Crippen LogP contribution < -0.4 is 4.57 Å². The summed E-state index contributed by atoms with van der Waals surface area (Å²) in [7, 11) is 0. The van der Waals surface area contributed by atoms with Gasteiger partial charge in [-0.1, -0.05) is 11.3 Å². The molecule has 2 N–H and O–H groups in total. The number of thiazole rings is 1. The molecule has 0 spiro atoms. The van der Waals surface area contributed by atoms with Crippen molar-refractivity contribution < 1.29 is 14.8 Å². The summed E-state index contributed by atoms with van der Waals surface area (Å²) in [5.41, 5.74) is 3.14. The minimum Gasteiger partial charge on any atom is -0.396 e. The van der Waals surface area contributed by atoms with Crippen LogP contribution in [0.2, 0.25) is 0 Å². The highest BCUT2D eigenvalue weighted by atomic mass is 32.1. The molecule has 1 aromatic rings. The number of aliphatic hydroxyl groups excluding tert-OH is 2. The first kappa shape index (κ1) is 9.64. The largest absolute Gasteiger partial charge is 0.396 e. The van der Waals surface area contributed by atoms with E-state index < -0.39 is 0 Å². The third-order valence-corrected chi connectivity index (χ3v) is 2.98. The summed E-state index contributed by atoms with van der Waals surface area (Å²) >= 11 is 1.63. The van der Waals surface area contributed by atoms with Gasteiger partial charge in [0, 0.05) is 20.0 Å². The first-order chi connectivity index (χ1) is 5.79. The number of nitrogens with zero attached hydrogens (tertiary/aromatic N) is 1. The molecule has 0 aliphatic rings. The normalized spacial score (nSPS) is 10.6. The molecule has 0 saturated heterocycles. The Morgan fingerprint density at radius 1 is 1.42 bits per heavy atom. The average molecular weight is 188 g/mol. The molecule has 4 heteroatoms. The van der Waals surface area contributed by atoms with E-state index in [2.05, 4.69) is 0 Å². The van der Waals surface area contributed by atoms with E-state index in [4.69, 9.17) is 10.2 Å². The first-order valence-corrected chi connectivity index (χ1v) is 4.85. The third kappa shape index (κ3) is 2.03. The molecule has 3 nitrogen and oxygen atoms in total. The van der Waals surface area contributed by atoms with Crippen molar-refractivity contribution in [2.75, 3.05) is 13.2 Å². The molecule has 0 aliphatic heterocycles. The van der Waals surface area contributed by atoms with Gasteiger partial charge in [-0.2, -0.15) is 4.57 Å². The zero-order chi connectivity index (χ0) is 8.97. The van der Waals surface area contributed by atoms with Crippen molar-refractivity contribution in [1.29, 1.82) is 0 Å². The summed E-state index contributed by atoms with van der Waals surface area (Å²) < 4.78 is 2.01. The summed E-state index contributed by atoms with van der Waals surface area (Å²) in [6.07, 6.45) is 0.717. The average Bonchev–Trinajstić information content (AvgIpc) is 2.38. The molecule has 1 aromatic heterocycles. The second kappa shape index (κ2) is 4.54. The molecular formula is C8H14NO2S+. The van der Waals surface area contributed by atoms with Gasteiger partial charge in [0.25, 0.3) is 0 Å². The van der Waals surface area contributed by atoms with Gasteiger partial charge in [-0.3, -0.25) is 0 Å². The topological polar surface area (TPSA) is 44.3 Å². The lowest BCUT2D eigenvalue weighted by atomic mass is 10.3. The van der Waals surface area contributed by atoms with Gasteiger partial charge in [0.1, 0.15) is 6.61 Å². The van der Waals surface area contributed by atoms with E-state index >= 15 is 0 Å². The van der Waals surface area contributed by atoms with Crippen LogP contribution in [0.1, 0.15) is 10.6 Å². The van der Waals surface area contributed by atoms with Crippen LogP contribution in [-0.2, 0) is 13.0 Å². The Balaban J connectivity index is 2.74. The Morgan fingerprint density at radius 3 is 2.75 bits per heavy atom. The predicted octanol–water partition coefficient (Wildman–Crippen LogP) is -0.129. The molecule has 0 bridgehead atoms. The number of rotatable bonds is 4. The van der Waals surface area contributed by atoms with Gasteiger partial charge in [-0.15, -0.1) is 0 Å². The molecule has 0 radical (unpaired) electrons. The number of hydrogen-bond donors (Lipinski definition) is 2. The van der Waals surface area contributed by atoms with Crippen LogP contribution in [0.25, 0.3) is 0 Å². The number of aromatic nitrogens is 1. The zero-order valence-corrected chi connectivity index (χ0v) is 7.97. The van der Waals surface area contributed by atoms with E-state index in [0.29, 0.717) is 6.54 Å². The van der Waals surface area contributed by atoms with Crippen LogP contribution in [-0.4, -0.2) is 23.4 Å². The molecule has 0 fully saturated rings. The van der Waals surface area contributed by atoms with E-state index in [1.54, 1.807) is 11.3 Å². The smallest absolute Gasteiger partial charge is 0.225 e. The van der Waals surface area contributed by atoms with Gasteiger partial charge in [-0.05, 0) is 0 Å². The van der Waals surface area contributed by atoms with Crippen LogP contribution in [0, 0.1) is 6.92 Å². The van der Waals surface area contributed by atoms with Gasteiger partial charge >= 0.3 is 0 Å². The molecular weight excluding hydrogens is 174 g/mol. The summed E-state index contributed by atoms with van der Waals surface area (Å²) in [6, 6.07) is 0. The summed E-state index contributed by atoms with van der Waals surface area (Å²) in [5.74, 6) is 0. The molecule has 0 atom stereocenters. The quantitative estimate of drug-likeness (QED) is 0.647. The molecule has 0 amide bonds. The van der Waals surface area contributed by atoms with E-state index in [0.717, 1.165) is 12.1 Å². The fraction of sp³-hybridized carbons (Fsp3) is 0.625. The third-order valence-electron chi connectivity index (χ3n) is 1.84. The molecule has 0 saturated carbocycles. The lowest BCUT2D eigenvalue weighted by Crippen LogP contribution is -2.36. The summed E-state index contributed by atoms with van der Waals surface area (Å²) in [5, 5.41) is 17.4. The van der Waals surface area contributed by atoms with E-state index in [1.165, 1.54) is 4.88 Å². The van der Waals surface area contributed by atoms with Gasteiger partial charge in [0.15, 0.2) is 12.2 Å². The van der Waals surface area contributed by atoms with E-state index in [-0.39, 0.29) is 13.2 Å². The lowest BCUT2D eigenvalue weighted by molar-refractivity contribution is -0.699. The number of aliphatic hydroxyl groups is 2. The fourth-order valence-corrected chi connectivity index (χ4v) is 2.14. The molecule has 0 aliphatic carbocycles. The fourth-order valence-electron chi connectivity index (χ4n) is 1.12. The maximum atomic E-state index is 8.73. The van der Waals surface area contributed by atoms with Gasteiger partial charge in [0.05, 0.1) is 4.88 Å². The maximum Gasteiger partial charge on any atom is 0.225 e. The Morgan fingerprint density at radius 2 is 2.17 bits per heavy atom. The van der Waals surface area contributed by atoms with Crippen molar-refractivity contribution in [3.05, 3.63) is 16.1 Å². The van der Waals surface area contributed by atoms with Gasteiger partial charge < -0.3 is 10.2 Å². The second-order valence-electron chi connectivity index (χ2n) is 2.62. The summed E-state index contributed by atoms with van der Waals surface area (Å²) in [4.78, 5) is 1.20. The highest BCUT2D eigenvalue weighted by Crippen LogP contribution is 2.10. The maximum absolute atomic E-state index is 8.73. The Labute approximate surface area is 75.9 Å². The summed E-state index contributed by atoms with van der Waals surface area (Å²) in [6.45, 7) is 3.02.